The van der Waals surface area contributed by atoms with Gasteiger partial charge in [-0.2, -0.15) is 0 Å². The van der Waals surface area contributed by atoms with Crippen molar-refractivity contribution in [2.75, 3.05) is 11.9 Å². The van der Waals surface area contributed by atoms with E-state index in [2.05, 4.69) is 5.32 Å². The smallest absolute Gasteiger partial charge is 0.351 e. The van der Waals surface area contributed by atoms with Crippen molar-refractivity contribution < 1.29 is 28.6 Å². The number of rotatable bonds is 5. The first-order valence-corrected chi connectivity index (χ1v) is 10.1. The molecule has 1 aliphatic carbocycles. The molecule has 9 heteroatoms. The molecule has 3 N–H and O–H groups in total. The quantitative estimate of drug-likeness (QED) is 0.721. The highest BCUT2D eigenvalue weighted by Gasteiger charge is 2.32. The number of aryl methyl sites for hydroxylation is 1. The van der Waals surface area contributed by atoms with Gasteiger partial charge in [0.05, 0.1) is 5.56 Å². The Kier molecular flexibility index (Phi) is 5.14. The summed E-state index contributed by atoms with van der Waals surface area (Å²) < 4.78 is 16.3. The summed E-state index contributed by atoms with van der Waals surface area (Å²) in [4.78, 5) is 37.8. The predicted octanol–water partition coefficient (Wildman–Crippen LogP) is 2.05. The number of nitrogens with one attached hydrogen (secondary N) is 1. The summed E-state index contributed by atoms with van der Waals surface area (Å²) in [6.45, 7) is 1.45. The Bertz CT molecular complexity index is 985. The van der Waals surface area contributed by atoms with Crippen LogP contribution in [-0.4, -0.2) is 36.6 Å². The van der Waals surface area contributed by atoms with Crippen molar-refractivity contribution in [1.82, 2.24) is 0 Å². The Morgan fingerprint density at radius 3 is 2.76 bits per heavy atom. The van der Waals surface area contributed by atoms with E-state index in [-0.39, 0.29) is 6.61 Å². The molecule has 2 aromatic rings. The topological polar surface area (TPSA) is 117 Å². The second kappa shape index (κ2) is 7.75. The van der Waals surface area contributed by atoms with Gasteiger partial charge in [0.1, 0.15) is 11.6 Å². The molecule has 8 nitrogen and oxygen atoms in total. The second-order valence-corrected chi connectivity index (χ2v) is 7.96. The number of esters is 1. The van der Waals surface area contributed by atoms with E-state index in [1.54, 1.807) is 24.3 Å². The lowest BCUT2D eigenvalue weighted by Gasteiger charge is -2.25. The molecule has 1 aromatic heterocycles. The summed E-state index contributed by atoms with van der Waals surface area (Å²) in [5.41, 5.74) is 6.77. The number of amides is 2. The van der Waals surface area contributed by atoms with E-state index in [4.69, 9.17) is 19.9 Å². The van der Waals surface area contributed by atoms with Gasteiger partial charge in [0.2, 0.25) is 6.10 Å². The molecule has 2 aliphatic rings. The molecule has 1 aliphatic heterocycles. The molecule has 29 heavy (non-hydrogen) atoms. The molecule has 0 bridgehead atoms. The number of para-hydroxylation sites is 2. The van der Waals surface area contributed by atoms with Gasteiger partial charge in [0, 0.05) is 4.88 Å². The van der Waals surface area contributed by atoms with Crippen molar-refractivity contribution in [3.63, 3.8) is 0 Å². The summed E-state index contributed by atoms with van der Waals surface area (Å²) >= 11 is 1.34. The minimum absolute atomic E-state index is 0.00630. The van der Waals surface area contributed by atoms with Crippen LogP contribution in [0.5, 0.6) is 11.5 Å². The Hall–Kier alpha value is -3.07. The first kappa shape index (κ1) is 19.3. The third-order valence-corrected chi connectivity index (χ3v) is 6.05. The second-order valence-electron chi connectivity index (χ2n) is 6.86. The molecule has 0 fully saturated rings. The van der Waals surface area contributed by atoms with Crippen molar-refractivity contribution in [2.45, 2.75) is 38.4 Å². The fourth-order valence-electron chi connectivity index (χ4n) is 3.41. The summed E-state index contributed by atoms with van der Waals surface area (Å²) in [6, 6.07) is 6.99. The number of carbonyl (C=O) groups excluding carboxylic acids is 3. The van der Waals surface area contributed by atoms with Gasteiger partial charge in [-0.15, -0.1) is 11.3 Å². The van der Waals surface area contributed by atoms with Gasteiger partial charge in [-0.1, -0.05) is 12.1 Å². The van der Waals surface area contributed by atoms with Crippen molar-refractivity contribution in [3.8, 4) is 11.5 Å². The van der Waals surface area contributed by atoms with E-state index < -0.39 is 30.0 Å². The van der Waals surface area contributed by atoms with Gasteiger partial charge in [-0.3, -0.25) is 9.59 Å². The highest BCUT2D eigenvalue weighted by Crippen LogP contribution is 2.39. The van der Waals surface area contributed by atoms with E-state index in [0.717, 1.165) is 29.7 Å². The minimum atomic E-state index is -1.08. The third kappa shape index (κ3) is 3.77. The zero-order chi connectivity index (χ0) is 20.5. The highest BCUT2D eigenvalue weighted by atomic mass is 32.1. The largest absolute Gasteiger partial charge is 0.485 e. The average molecular weight is 416 g/mol. The summed E-state index contributed by atoms with van der Waals surface area (Å²) in [5.74, 6) is -0.830. The van der Waals surface area contributed by atoms with Gasteiger partial charge >= 0.3 is 5.97 Å². The molecule has 2 atom stereocenters. The number of ether oxygens (including phenoxy) is 3. The SMILES string of the molecule is C[C@@H](OC(=O)[C@@H]1COc2ccccc2O1)C(=O)Nc1sc2c(c1C(N)=O)CCC2. The normalized spacial score (nSPS) is 17.9. The van der Waals surface area contributed by atoms with Gasteiger partial charge in [-0.25, -0.2) is 4.79 Å². The Morgan fingerprint density at radius 1 is 1.24 bits per heavy atom. The lowest BCUT2D eigenvalue weighted by atomic mass is 10.1. The van der Waals surface area contributed by atoms with Crippen LogP contribution in [0.3, 0.4) is 0 Å². The van der Waals surface area contributed by atoms with Crippen LogP contribution in [0.25, 0.3) is 0 Å². The molecule has 152 valence electrons. The summed E-state index contributed by atoms with van der Waals surface area (Å²) in [6.07, 6.45) is 0.551. The van der Waals surface area contributed by atoms with Crippen LogP contribution in [0, 0.1) is 0 Å². The van der Waals surface area contributed by atoms with Crippen LogP contribution in [0.1, 0.15) is 34.1 Å². The molecule has 0 unspecified atom stereocenters. The van der Waals surface area contributed by atoms with Crippen LogP contribution < -0.4 is 20.5 Å². The predicted molar refractivity (Wildman–Crippen MR) is 105 cm³/mol. The molecule has 0 saturated carbocycles. The molecule has 0 radical (unpaired) electrons. The molecular formula is C20H20N2O6S. The lowest BCUT2D eigenvalue weighted by molar-refractivity contribution is -0.162. The van der Waals surface area contributed by atoms with Crippen LogP contribution in [0.15, 0.2) is 24.3 Å². The fourth-order valence-corrected chi connectivity index (χ4v) is 4.70. The number of anilines is 1. The number of benzene rings is 1. The Morgan fingerprint density at radius 2 is 2.00 bits per heavy atom. The van der Waals surface area contributed by atoms with Crippen molar-refractivity contribution in [2.24, 2.45) is 5.73 Å². The van der Waals surface area contributed by atoms with E-state index >= 15 is 0 Å². The Labute approximate surface area is 170 Å². The van der Waals surface area contributed by atoms with E-state index in [1.807, 2.05) is 0 Å². The number of fused-ring (bicyclic) bond motifs is 2. The highest BCUT2D eigenvalue weighted by molar-refractivity contribution is 7.17. The minimum Gasteiger partial charge on any atom is -0.485 e. The number of nitrogens with two attached hydrogens (primary N) is 1. The first-order chi connectivity index (χ1) is 13.9. The van der Waals surface area contributed by atoms with Crippen LogP contribution in [0.2, 0.25) is 0 Å². The number of hydrogen-bond acceptors (Lipinski definition) is 7. The molecule has 2 heterocycles. The molecule has 1 aromatic carbocycles. The number of carbonyl (C=O) groups is 3. The average Bonchev–Trinajstić information content (AvgIpc) is 3.27. The zero-order valence-electron chi connectivity index (χ0n) is 15.7. The van der Waals surface area contributed by atoms with E-state index in [0.29, 0.717) is 22.1 Å². The maximum absolute atomic E-state index is 12.5. The first-order valence-electron chi connectivity index (χ1n) is 9.28. The van der Waals surface area contributed by atoms with Gasteiger partial charge in [0.25, 0.3) is 11.8 Å². The van der Waals surface area contributed by atoms with Crippen LogP contribution in [0.4, 0.5) is 5.00 Å². The van der Waals surface area contributed by atoms with E-state index in [9.17, 15) is 14.4 Å². The monoisotopic (exact) mass is 416 g/mol. The number of hydrogen-bond donors (Lipinski definition) is 2. The molecular weight excluding hydrogens is 396 g/mol. The number of thiophene rings is 1. The fraction of sp³-hybridized carbons (Fsp3) is 0.350. The van der Waals surface area contributed by atoms with Crippen LogP contribution in [-0.2, 0) is 27.2 Å². The summed E-state index contributed by atoms with van der Waals surface area (Å²) in [5, 5.41) is 3.08. The van der Waals surface area contributed by atoms with Gasteiger partial charge < -0.3 is 25.3 Å². The number of primary amides is 1. The van der Waals surface area contributed by atoms with Crippen molar-refractivity contribution in [3.05, 3.63) is 40.3 Å². The molecule has 2 amide bonds. The maximum Gasteiger partial charge on any atom is 0.351 e. The molecule has 0 spiro atoms. The lowest BCUT2D eigenvalue weighted by Crippen LogP contribution is -2.41. The van der Waals surface area contributed by atoms with Crippen molar-refractivity contribution in [1.29, 1.82) is 0 Å². The maximum atomic E-state index is 12.5. The van der Waals surface area contributed by atoms with Crippen molar-refractivity contribution >= 4 is 34.1 Å². The standard InChI is InChI=1S/C20H20N2O6S/c1-10(27-20(25)14-9-26-12-6-2-3-7-13(12)28-14)18(24)22-19-16(17(21)23)11-5-4-8-15(11)29-19/h2-3,6-7,10,14H,4-5,8-9H2,1H3,(H2,21,23)(H,22,24)/t10-,14+/m1/s1. The molecule has 4 rings (SSSR count). The third-order valence-electron chi connectivity index (χ3n) is 4.84. The zero-order valence-corrected chi connectivity index (χ0v) is 16.5. The van der Waals surface area contributed by atoms with E-state index in [1.165, 1.54) is 18.3 Å². The van der Waals surface area contributed by atoms with Crippen LogP contribution >= 0.6 is 11.3 Å². The van der Waals surface area contributed by atoms with Gasteiger partial charge in [0.15, 0.2) is 17.6 Å². The molecule has 0 saturated heterocycles. The Balaban J connectivity index is 1.39. The van der Waals surface area contributed by atoms with Gasteiger partial charge in [-0.05, 0) is 43.9 Å². The summed E-state index contributed by atoms with van der Waals surface area (Å²) in [7, 11) is 0.